The summed E-state index contributed by atoms with van der Waals surface area (Å²) in [5, 5.41) is 12.1. The number of nitrogens with one attached hydrogen (secondary N) is 1. The van der Waals surface area contributed by atoms with E-state index in [0.717, 1.165) is 5.69 Å². The van der Waals surface area contributed by atoms with Gasteiger partial charge in [0.2, 0.25) is 0 Å². The van der Waals surface area contributed by atoms with Crippen LogP contribution in [0.1, 0.15) is 5.56 Å². The van der Waals surface area contributed by atoms with E-state index < -0.39 is 5.82 Å². The molecule has 0 aliphatic carbocycles. The fourth-order valence-electron chi connectivity index (χ4n) is 1.48. The molecule has 0 radical (unpaired) electrons. The number of halogens is 3. The first kappa shape index (κ1) is 12.9. The molecule has 2 rings (SSSR count). The van der Waals surface area contributed by atoms with Crippen molar-refractivity contribution in [3.8, 4) is 6.07 Å². The summed E-state index contributed by atoms with van der Waals surface area (Å²) in [7, 11) is 0. The average Bonchev–Trinajstić information content (AvgIpc) is 2.27. The molecule has 0 aromatic heterocycles. The summed E-state index contributed by atoms with van der Waals surface area (Å²) in [6.45, 7) is 0. The number of nitriles is 1. The van der Waals surface area contributed by atoms with E-state index >= 15 is 0 Å². The maximum atomic E-state index is 13.2. The topological polar surface area (TPSA) is 35.8 Å². The second kappa shape index (κ2) is 5.38. The summed E-state index contributed by atoms with van der Waals surface area (Å²) >= 11 is 9.05. The van der Waals surface area contributed by atoms with Crippen LogP contribution >= 0.6 is 27.5 Å². The Morgan fingerprint density at radius 3 is 2.56 bits per heavy atom. The van der Waals surface area contributed by atoms with Gasteiger partial charge in [0.05, 0.1) is 5.56 Å². The van der Waals surface area contributed by atoms with Gasteiger partial charge in [0.25, 0.3) is 0 Å². The van der Waals surface area contributed by atoms with Crippen molar-refractivity contribution >= 4 is 38.9 Å². The van der Waals surface area contributed by atoms with Gasteiger partial charge in [-0.3, -0.25) is 0 Å². The third kappa shape index (κ3) is 3.00. The van der Waals surface area contributed by atoms with E-state index in [0.29, 0.717) is 20.7 Å². The van der Waals surface area contributed by atoms with Crippen molar-refractivity contribution in [2.75, 3.05) is 5.32 Å². The van der Waals surface area contributed by atoms with Gasteiger partial charge in [0.15, 0.2) is 0 Å². The highest BCUT2D eigenvalue weighted by atomic mass is 79.9. The smallest absolute Gasteiger partial charge is 0.126 e. The number of hydrogen-bond donors (Lipinski definition) is 1. The molecule has 2 aromatic carbocycles. The normalized spacial score (nSPS) is 9.89. The Balaban J connectivity index is 2.29. The van der Waals surface area contributed by atoms with Gasteiger partial charge in [-0.05, 0) is 52.3 Å². The Hall–Kier alpha value is -1.57. The van der Waals surface area contributed by atoms with Gasteiger partial charge in [-0.2, -0.15) is 5.26 Å². The maximum Gasteiger partial charge on any atom is 0.126 e. The van der Waals surface area contributed by atoms with Crippen LogP contribution in [0.5, 0.6) is 0 Å². The first-order valence-corrected chi connectivity index (χ1v) is 6.18. The molecule has 18 heavy (non-hydrogen) atoms. The van der Waals surface area contributed by atoms with Crippen LogP contribution in [0, 0.1) is 17.1 Å². The monoisotopic (exact) mass is 324 g/mol. The second-order valence-electron chi connectivity index (χ2n) is 3.59. The summed E-state index contributed by atoms with van der Waals surface area (Å²) in [6, 6.07) is 11.4. The molecule has 0 amide bonds. The Bertz CT molecular complexity index is 617. The van der Waals surface area contributed by atoms with Gasteiger partial charge in [-0.25, -0.2) is 4.39 Å². The molecule has 0 saturated heterocycles. The molecular formula is C13H7BrClFN2. The molecule has 2 nitrogen and oxygen atoms in total. The molecule has 0 atom stereocenters. The summed E-state index contributed by atoms with van der Waals surface area (Å²) in [6.07, 6.45) is 0. The van der Waals surface area contributed by atoms with E-state index in [2.05, 4.69) is 21.2 Å². The van der Waals surface area contributed by atoms with E-state index in [1.165, 1.54) is 12.1 Å². The van der Waals surface area contributed by atoms with Crippen molar-refractivity contribution in [1.82, 2.24) is 0 Å². The molecule has 90 valence electrons. The third-order valence-electron chi connectivity index (χ3n) is 2.24. The van der Waals surface area contributed by atoms with Gasteiger partial charge < -0.3 is 5.32 Å². The van der Waals surface area contributed by atoms with Gasteiger partial charge in [0.1, 0.15) is 11.9 Å². The SMILES string of the molecule is N#Cc1ccc(Nc2cc(F)cc(Cl)c2)cc1Br. The number of nitrogens with zero attached hydrogens (tertiary/aromatic N) is 1. The fourth-order valence-corrected chi connectivity index (χ4v) is 2.17. The van der Waals surface area contributed by atoms with Gasteiger partial charge in [-0.1, -0.05) is 11.6 Å². The van der Waals surface area contributed by atoms with E-state index in [1.54, 1.807) is 24.3 Å². The average molecular weight is 326 g/mol. The minimum absolute atomic E-state index is 0.324. The molecule has 0 heterocycles. The molecule has 0 aliphatic rings. The van der Waals surface area contributed by atoms with Crippen LogP contribution in [0.25, 0.3) is 0 Å². The molecule has 0 spiro atoms. The van der Waals surface area contributed by atoms with Crippen molar-refractivity contribution in [2.45, 2.75) is 0 Å². The lowest BCUT2D eigenvalue weighted by Crippen LogP contribution is -1.92. The van der Waals surface area contributed by atoms with E-state index in [-0.39, 0.29) is 0 Å². The predicted octanol–water partition coefficient (Wildman–Crippen LogP) is 4.86. The van der Waals surface area contributed by atoms with Crippen molar-refractivity contribution < 1.29 is 4.39 Å². The lowest BCUT2D eigenvalue weighted by molar-refractivity contribution is 0.628. The molecule has 0 unspecified atom stereocenters. The summed E-state index contributed by atoms with van der Waals surface area (Å²) < 4.78 is 13.8. The van der Waals surface area contributed by atoms with Crippen LogP contribution in [0.15, 0.2) is 40.9 Å². The number of benzene rings is 2. The number of rotatable bonds is 2. The van der Waals surface area contributed by atoms with Crippen LogP contribution < -0.4 is 5.32 Å². The zero-order chi connectivity index (χ0) is 13.1. The summed E-state index contributed by atoms with van der Waals surface area (Å²) in [4.78, 5) is 0. The molecule has 0 bridgehead atoms. The molecule has 2 aromatic rings. The molecule has 1 N–H and O–H groups in total. The summed E-state index contributed by atoms with van der Waals surface area (Å²) in [5.74, 6) is -0.405. The molecule has 0 saturated carbocycles. The first-order chi connectivity index (χ1) is 8.58. The molecule has 5 heteroatoms. The molecule has 0 aliphatic heterocycles. The van der Waals surface area contributed by atoms with Crippen molar-refractivity contribution in [3.63, 3.8) is 0 Å². The molecule has 0 fully saturated rings. The zero-order valence-electron chi connectivity index (χ0n) is 9.05. The molecular weight excluding hydrogens is 319 g/mol. The van der Waals surface area contributed by atoms with Crippen LogP contribution in [0.4, 0.5) is 15.8 Å². The quantitative estimate of drug-likeness (QED) is 0.856. The minimum atomic E-state index is -0.405. The van der Waals surface area contributed by atoms with Crippen LogP contribution in [0.2, 0.25) is 5.02 Å². The van der Waals surface area contributed by atoms with Gasteiger partial charge in [0, 0.05) is 20.9 Å². The predicted molar refractivity (Wildman–Crippen MR) is 73.5 cm³/mol. The Labute approximate surface area is 117 Å². The van der Waals surface area contributed by atoms with E-state index in [4.69, 9.17) is 16.9 Å². The standard InChI is InChI=1S/C13H7BrClFN2/c14-13-6-11(2-1-8(13)7-17)18-12-4-9(15)3-10(16)5-12/h1-6,18H. The van der Waals surface area contributed by atoms with Crippen LogP contribution in [-0.4, -0.2) is 0 Å². The lowest BCUT2D eigenvalue weighted by Gasteiger charge is -2.08. The van der Waals surface area contributed by atoms with E-state index in [1.807, 2.05) is 6.07 Å². The third-order valence-corrected chi connectivity index (χ3v) is 3.12. The van der Waals surface area contributed by atoms with Crippen molar-refractivity contribution in [1.29, 1.82) is 5.26 Å². The minimum Gasteiger partial charge on any atom is -0.355 e. The fraction of sp³-hybridized carbons (Fsp3) is 0. The Kier molecular flexibility index (Phi) is 3.85. The second-order valence-corrected chi connectivity index (χ2v) is 4.88. The van der Waals surface area contributed by atoms with Gasteiger partial charge in [-0.15, -0.1) is 0 Å². The van der Waals surface area contributed by atoms with Crippen molar-refractivity contribution in [2.24, 2.45) is 0 Å². The summed E-state index contributed by atoms with van der Waals surface area (Å²) in [5.41, 5.74) is 1.83. The van der Waals surface area contributed by atoms with Crippen molar-refractivity contribution in [3.05, 3.63) is 57.3 Å². The lowest BCUT2D eigenvalue weighted by atomic mass is 10.2. The highest BCUT2D eigenvalue weighted by Crippen LogP contribution is 2.25. The van der Waals surface area contributed by atoms with E-state index in [9.17, 15) is 4.39 Å². The largest absolute Gasteiger partial charge is 0.355 e. The highest BCUT2D eigenvalue weighted by molar-refractivity contribution is 9.10. The highest BCUT2D eigenvalue weighted by Gasteiger charge is 2.03. The number of anilines is 2. The maximum absolute atomic E-state index is 13.2. The van der Waals surface area contributed by atoms with Crippen LogP contribution in [0.3, 0.4) is 0 Å². The Morgan fingerprint density at radius 1 is 1.17 bits per heavy atom. The van der Waals surface area contributed by atoms with Gasteiger partial charge >= 0.3 is 0 Å². The first-order valence-electron chi connectivity index (χ1n) is 5.01. The number of hydrogen-bond acceptors (Lipinski definition) is 2. The van der Waals surface area contributed by atoms with Crippen LogP contribution in [-0.2, 0) is 0 Å². The Morgan fingerprint density at radius 2 is 1.94 bits per heavy atom. The zero-order valence-corrected chi connectivity index (χ0v) is 11.4.